The van der Waals surface area contributed by atoms with Crippen molar-refractivity contribution in [2.75, 3.05) is 19.6 Å². The summed E-state index contributed by atoms with van der Waals surface area (Å²) < 4.78 is 0. The van der Waals surface area contributed by atoms with Crippen LogP contribution in [0.2, 0.25) is 0 Å². The maximum Gasteiger partial charge on any atom is 0.142 e. The van der Waals surface area contributed by atoms with E-state index < -0.39 is 5.60 Å². The maximum atomic E-state index is 12.2. The van der Waals surface area contributed by atoms with Gasteiger partial charge in [0.2, 0.25) is 0 Å². The van der Waals surface area contributed by atoms with Crippen molar-refractivity contribution in [3.05, 3.63) is 0 Å². The van der Waals surface area contributed by atoms with Gasteiger partial charge < -0.3 is 10.0 Å². The van der Waals surface area contributed by atoms with E-state index in [9.17, 15) is 9.90 Å². The Hall–Kier alpha value is -0.410. The summed E-state index contributed by atoms with van der Waals surface area (Å²) in [4.78, 5) is 14.5. The van der Waals surface area contributed by atoms with E-state index in [2.05, 4.69) is 18.7 Å². The topological polar surface area (TPSA) is 40.5 Å². The molecule has 0 aromatic carbocycles. The SMILES string of the molecule is CC1(O)CCN(CC2CCC(C)(C)C2=O)CC1. The van der Waals surface area contributed by atoms with Crippen LogP contribution in [0.25, 0.3) is 0 Å². The third-order valence-electron chi connectivity index (χ3n) is 4.57. The van der Waals surface area contributed by atoms with E-state index in [1.807, 2.05) is 6.92 Å². The molecule has 0 aromatic heterocycles. The van der Waals surface area contributed by atoms with Crippen molar-refractivity contribution in [1.29, 1.82) is 0 Å². The van der Waals surface area contributed by atoms with E-state index in [-0.39, 0.29) is 11.3 Å². The molecule has 1 atom stereocenters. The lowest BCUT2D eigenvalue weighted by Gasteiger charge is -2.36. The second-order valence-corrected chi connectivity index (χ2v) is 6.78. The lowest BCUT2D eigenvalue weighted by atomic mass is 9.88. The van der Waals surface area contributed by atoms with Gasteiger partial charge in [0.1, 0.15) is 5.78 Å². The molecule has 0 radical (unpaired) electrons. The van der Waals surface area contributed by atoms with E-state index in [1.54, 1.807) is 0 Å². The van der Waals surface area contributed by atoms with Crippen molar-refractivity contribution < 1.29 is 9.90 Å². The number of rotatable bonds is 2. The summed E-state index contributed by atoms with van der Waals surface area (Å²) in [5, 5.41) is 9.89. The highest BCUT2D eigenvalue weighted by molar-refractivity contribution is 5.88. The minimum Gasteiger partial charge on any atom is -0.390 e. The molecule has 1 aliphatic heterocycles. The first-order chi connectivity index (χ1) is 7.80. The lowest BCUT2D eigenvalue weighted by molar-refractivity contribution is -0.128. The fourth-order valence-electron chi connectivity index (χ4n) is 3.05. The smallest absolute Gasteiger partial charge is 0.142 e. The highest BCUT2D eigenvalue weighted by Crippen LogP contribution is 2.38. The number of carbonyl (C=O) groups is 1. The third kappa shape index (κ3) is 2.89. The molecule has 1 aliphatic carbocycles. The minimum atomic E-state index is -0.491. The molecule has 98 valence electrons. The number of hydrogen-bond donors (Lipinski definition) is 1. The van der Waals surface area contributed by atoms with Gasteiger partial charge in [0.15, 0.2) is 0 Å². The van der Waals surface area contributed by atoms with Crippen LogP contribution in [0.3, 0.4) is 0 Å². The Morgan fingerprint density at radius 1 is 1.24 bits per heavy atom. The standard InChI is InChI=1S/C14H25NO2/c1-13(2)5-4-11(12(13)16)10-15-8-6-14(3,17)7-9-15/h11,17H,4-10H2,1-3H3. The fraction of sp³-hybridized carbons (Fsp3) is 0.929. The second kappa shape index (κ2) is 4.36. The van der Waals surface area contributed by atoms with E-state index in [4.69, 9.17) is 0 Å². The molecule has 2 rings (SSSR count). The second-order valence-electron chi connectivity index (χ2n) is 6.78. The molecule has 2 aliphatic rings. The molecular formula is C14H25NO2. The van der Waals surface area contributed by atoms with Gasteiger partial charge in [-0.1, -0.05) is 13.8 Å². The van der Waals surface area contributed by atoms with Gasteiger partial charge in [-0.2, -0.15) is 0 Å². The van der Waals surface area contributed by atoms with Crippen LogP contribution in [0.5, 0.6) is 0 Å². The molecule has 1 saturated heterocycles. The molecule has 0 amide bonds. The number of carbonyl (C=O) groups excluding carboxylic acids is 1. The highest BCUT2D eigenvalue weighted by Gasteiger charge is 2.41. The van der Waals surface area contributed by atoms with Crippen LogP contribution in [-0.2, 0) is 4.79 Å². The van der Waals surface area contributed by atoms with Crippen molar-refractivity contribution in [1.82, 2.24) is 4.90 Å². The third-order valence-corrected chi connectivity index (χ3v) is 4.57. The predicted octanol–water partition coefficient (Wildman–Crippen LogP) is 1.84. The number of hydrogen-bond acceptors (Lipinski definition) is 3. The number of nitrogens with zero attached hydrogens (tertiary/aromatic N) is 1. The largest absolute Gasteiger partial charge is 0.390 e. The summed E-state index contributed by atoms with van der Waals surface area (Å²) in [6, 6.07) is 0. The molecule has 0 spiro atoms. The average Bonchev–Trinajstić information content (AvgIpc) is 2.48. The Kier molecular flexibility index (Phi) is 3.34. The number of piperidine rings is 1. The molecule has 1 N–H and O–H groups in total. The van der Waals surface area contributed by atoms with Gasteiger partial charge in [0, 0.05) is 31.0 Å². The van der Waals surface area contributed by atoms with E-state index in [1.165, 1.54) is 0 Å². The molecule has 3 heteroatoms. The zero-order valence-electron chi connectivity index (χ0n) is 11.3. The van der Waals surface area contributed by atoms with Crippen LogP contribution in [0, 0.1) is 11.3 Å². The zero-order valence-corrected chi connectivity index (χ0v) is 11.3. The quantitative estimate of drug-likeness (QED) is 0.799. The highest BCUT2D eigenvalue weighted by atomic mass is 16.3. The Morgan fingerprint density at radius 2 is 1.82 bits per heavy atom. The molecular weight excluding hydrogens is 214 g/mol. The zero-order chi connectivity index (χ0) is 12.7. The van der Waals surface area contributed by atoms with Gasteiger partial charge in [0.25, 0.3) is 0 Å². The van der Waals surface area contributed by atoms with Crippen molar-refractivity contribution in [2.24, 2.45) is 11.3 Å². The first kappa shape index (κ1) is 13.0. The molecule has 0 bridgehead atoms. The summed E-state index contributed by atoms with van der Waals surface area (Å²) >= 11 is 0. The van der Waals surface area contributed by atoms with Gasteiger partial charge in [-0.25, -0.2) is 0 Å². The molecule has 3 nitrogen and oxygen atoms in total. The van der Waals surface area contributed by atoms with E-state index in [0.29, 0.717) is 5.78 Å². The van der Waals surface area contributed by atoms with Crippen molar-refractivity contribution in [2.45, 2.75) is 52.1 Å². The average molecular weight is 239 g/mol. The van der Waals surface area contributed by atoms with Gasteiger partial charge >= 0.3 is 0 Å². The molecule has 2 fully saturated rings. The van der Waals surface area contributed by atoms with Crippen LogP contribution in [0.1, 0.15) is 46.5 Å². The summed E-state index contributed by atoms with van der Waals surface area (Å²) in [7, 11) is 0. The van der Waals surface area contributed by atoms with Gasteiger partial charge in [-0.15, -0.1) is 0 Å². The molecule has 1 unspecified atom stereocenters. The predicted molar refractivity (Wildman–Crippen MR) is 67.8 cm³/mol. The summed E-state index contributed by atoms with van der Waals surface area (Å²) in [6.45, 7) is 8.80. The van der Waals surface area contributed by atoms with Crippen molar-refractivity contribution in [3.8, 4) is 0 Å². The number of aliphatic hydroxyl groups is 1. The first-order valence-corrected chi connectivity index (χ1v) is 6.79. The number of ketones is 1. The molecule has 1 heterocycles. The Morgan fingerprint density at radius 3 is 2.29 bits per heavy atom. The van der Waals surface area contributed by atoms with Crippen LogP contribution < -0.4 is 0 Å². The van der Waals surface area contributed by atoms with Gasteiger partial charge in [-0.05, 0) is 32.6 Å². The van der Waals surface area contributed by atoms with E-state index >= 15 is 0 Å². The van der Waals surface area contributed by atoms with Gasteiger partial charge in [0.05, 0.1) is 5.60 Å². The summed E-state index contributed by atoms with van der Waals surface area (Å²) in [5.74, 6) is 0.669. The molecule has 0 aromatic rings. The minimum absolute atomic E-state index is 0.105. The Bertz CT molecular complexity index is 299. The number of likely N-dealkylation sites (tertiary alicyclic amines) is 1. The fourth-order valence-corrected chi connectivity index (χ4v) is 3.05. The Labute approximate surface area is 104 Å². The van der Waals surface area contributed by atoms with Crippen LogP contribution in [0.4, 0.5) is 0 Å². The maximum absolute atomic E-state index is 12.2. The molecule has 1 saturated carbocycles. The monoisotopic (exact) mass is 239 g/mol. The van der Waals surface area contributed by atoms with E-state index in [0.717, 1.165) is 45.3 Å². The van der Waals surface area contributed by atoms with Crippen molar-refractivity contribution in [3.63, 3.8) is 0 Å². The van der Waals surface area contributed by atoms with Crippen LogP contribution in [0.15, 0.2) is 0 Å². The normalized spacial score (nSPS) is 32.9. The van der Waals surface area contributed by atoms with Crippen LogP contribution in [-0.4, -0.2) is 41.0 Å². The summed E-state index contributed by atoms with van der Waals surface area (Å²) in [6.07, 6.45) is 3.73. The van der Waals surface area contributed by atoms with Gasteiger partial charge in [-0.3, -0.25) is 4.79 Å². The Balaban J connectivity index is 1.85. The van der Waals surface area contributed by atoms with Crippen LogP contribution >= 0.6 is 0 Å². The van der Waals surface area contributed by atoms with Crippen molar-refractivity contribution >= 4 is 5.78 Å². The summed E-state index contributed by atoms with van der Waals surface area (Å²) in [5.41, 5.74) is -0.596. The number of Topliss-reactive ketones (excluding diaryl/α,β-unsaturated/α-hetero) is 1. The lowest BCUT2D eigenvalue weighted by Crippen LogP contribution is -2.44. The molecule has 17 heavy (non-hydrogen) atoms. The first-order valence-electron chi connectivity index (χ1n) is 6.79.